The normalized spacial score (nSPS) is 18.3. The van der Waals surface area contributed by atoms with Crippen LogP contribution in [-0.2, 0) is 16.1 Å². The average molecular weight is 426 g/mol. The number of nitrogens with zero attached hydrogens (tertiary/aromatic N) is 3. The molecule has 1 aliphatic rings. The largest absolute Gasteiger partial charge is 0.342 e. The third kappa shape index (κ3) is 5.15. The maximum atomic E-state index is 12.3. The molecule has 1 aromatic heterocycles. The van der Waals surface area contributed by atoms with Gasteiger partial charge in [0.15, 0.2) is 4.80 Å². The van der Waals surface area contributed by atoms with Crippen LogP contribution in [0, 0.1) is 5.92 Å². The molecule has 5 nitrogen and oxygen atoms in total. The molecule has 2 heterocycles. The molecule has 0 N–H and O–H groups in total. The third-order valence-corrected chi connectivity index (χ3v) is 6.82. The fourth-order valence-corrected chi connectivity index (χ4v) is 5.40. The molecule has 0 aliphatic carbocycles. The Labute approximate surface area is 172 Å². The maximum Gasteiger partial charge on any atom is 0.258 e. The van der Waals surface area contributed by atoms with E-state index in [1.54, 1.807) is 0 Å². The van der Waals surface area contributed by atoms with Gasteiger partial charge in [0, 0.05) is 24.7 Å². The lowest BCUT2D eigenvalue weighted by Crippen LogP contribution is -2.40. The van der Waals surface area contributed by atoms with E-state index >= 15 is 0 Å². The lowest BCUT2D eigenvalue weighted by atomic mass is 10.0. The first-order chi connectivity index (χ1) is 13.0. The number of hydrogen-bond acceptors (Lipinski definition) is 4. The first-order valence-corrected chi connectivity index (χ1v) is 11.5. The highest BCUT2D eigenvalue weighted by molar-refractivity contribution is 8.00. The van der Waals surface area contributed by atoms with Gasteiger partial charge in [0.05, 0.1) is 21.7 Å². The predicted molar refractivity (Wildman–Crippen MR) is 113 cm³/mol. The molecule has 1 fully saturated rings. The van der Waals surface area contributed by atoms with E-state index in [9.17, 15) is 9.59 Å². The molecule has 1 aromatic carbocycles. The van der Waals surface area contributed by atoms with Crippen LogP contribution in [-0.4, -0.2) is 45.9 Å². The number of piperidine rings is 1. The van der Waals surface area contributed by atoms with E-state index in [1.807, 2.05) is 34.6 Å². The number of carbonyl (C=O) groups excluding carboxylic acids is 2. The van der Waals surface area contributed by atoms with E-state index < -0.39 is 0 Å². The molecule has 0 bridgehead atoms. The van der Waals surface area contributed by atoms with Crippen LogP contribution in [0.1, 0.15) is 26.7 Å². The number of thiazole rings is 1. The zero-order chi connectivity index (χ0) is 19.4. The number of benzene rings is 1. The number of hydrogen-bond donors (Lipinski definition) is 0. The fourth-order valence-electron chi connectivity index (χ4n) is 3.31. The molecule has 2 amide bonds. The van der Waals surface area contributed by atoms with Crippen molar-refractivity contribution in [3.63, 3.8) is 0 Å². The van der Waals surface area contributed by atoms with Crippen LogP contribution < -0.4 is 4.80 Å². The van der Waals surface area contributed by atoms with Crippen LogP contribution in [0.15, 0.2) is 23.2 Å². The van der Waals surface area contributed by atoms with Gasteiger partial charge in [0.1, 0.15) is 0 Å². The summed E-state index contributed by atoms with van der Waals surface area (Å²) in [6, 6.07) is 5.69. The highest BCUT2D eigenvalue weighted by Gasteiger charge is 2.20. The molecule has 1 saturated heterocycles. The summed E-state index contributed by atoms with van der Waals surface area (Å²) >= 11 is 8.87. The van der Waals surface area contributed by atoms with Crippen molar-refractivity contribution in [3.8, 4) is 0 Å². The Morgan fingerprint density at radius 2 is 2.19 bits per heavy atom. The Balaban J connectivity index is 1.62. The SMILES string of the molecule is CCn1c(=NC(=O)CSCC(=O)N2CCCC(C)C2)sc2cc(Cl)ccc21. The van der Waals surface area contributed by atoms with Crippen molar-refractivity contribution in [3.05, 3.63) is 28.0 Å². The van der Waals surface area contributed by atoms with Crippen molar-refractivity contribution in [2.45, 2.75) is 33.2 Å². The van der Waals surface area contributed by atoms with Crippen LogP contribution in [0.3, 0.4) is 0 Å². The van der Waals surface area contributed by atoms with Gasteiger partial charge in [-0.15, -0.1) is 11.8 Å². The molecule has 1 atom stereocenters. The van der Waals surface area contributed by atoms with Gasteiger partial charge in [-0.05, 0) is 43.9 Å². The summed E-state index contributed by atoms with van der Waals surface area (Å²) in [5.74, 6) is 1.03. The second-order valence-electron chi connectivity index (χ2n) is 6.83. The first-order valence-electron chi connectivity index (χ1n) is 9.20. The van der Waals surface area contributed by atoms with E-state index in [-0.39, 0.29) is 17.6 Å². The Morgan fingerprint density at radius 3 is 2.93 bits per heavy atom. The standard InChI is InChI=1S/C19H24ClN3O2S2/c1-3-23-15-7-6-14(20)9-16(15)27-19(23)21-17(24)11-26-12-18(25)22-8-4-5-13(2)10-22/h6-7,9,13H,3-5,8,10-12H2,1-2H3. The Morgan fingerprint density at radius 1 is 1.37 bits per heavy atom. The van der Waals surface area contributed by atoms with Crippen molar-refractivity contribution in [2.75, 3.05) is 24.6 Å². The van der Waals surface area contributed by atoms with Gasteiger partial charge in [-0.2, -0.15) is 4.99 Å². The Bertz CT molecular complexity index is 906. The van der Waals surface area contributed by atoms with Gasteiger partial charge < -0.3 is 9.47 Å². The molecule has 27 heavy (non-hydrogen) atoms. The number of rotatable bonds is 5. The predicted octanol–water partition coefficient (Wildman–Crippen LogP) is 3.80. The quantitative estimate of drug-likeness (QED) is 0.732. The van der Waals surface area contributed by atoms with Crippen molar-refractivity contribution in [2.24, 2.45) is 10.9 Å². The highest BCUT2D eigenvalue weighted by atomic mass is 35.5. The zero-order valence-electron chi connectivity index (χ0n) is 15.6. The third-order valence-electron chi connectivity index (χ3n) is 4.64. The summed E-state index contributed by atoms with van der Waals surface area (Å²) in [4.78, 5) is 31.4. The molecular weight excluding hydrogens is 402 g/mol. The lowest BCUT2D eigenvalue weighted by molar-refractivity contribution is -0.130. The molecule has 146 valence electrons. The molecule has 2 aromatic rings. The Kier molecular flexibility index (Phi) is 7.00. The number of carbonyl (C=O) groups is 2. The monoisotopic (exact) mass is 425 g/mol. The number of aromatic nitrogens is 1. The van der Waals surface area contributed by atoms with Crippen molar-refractivity contribution >= 4 is 56.7 Å². The van der Waals surface area contributed by atoms with E-state index in [0.717, 1.165) is 36.3 Å². The number of likely N-dealkylation sites (tertiary alicyclic amines) is 1. The van der Waals surface area contributed by atoms with Gasteiger partial charge in [0.25, 0.3) is 5.91 Å². The average Bonchev–Trinajstić information content (AvgIpc) is 2.97. The van der Waals surface area contributed by atoms with E-state index in [2.05, 4.69) is 11.9 Å². The summed E-state index contributed by atoms with van der Waals surface area (Å²) in [5.41, 5.74) is 1.03. The van der Waals surface area contributed by atoms with Crippen molar-refractivity contribution in [1.82, 2.24) is 9.47 Å². The van der Waals surface area contributed by atoms with Crippen LogP contribution in [0.2, 0.25) is 5.02 Å². The van der Waals surface area contributed by atoms with Gasteiger partial charge in [0.2, 0.25) is 5.91 Å². The van der Waals surface area contributed by atoms with Crippen LogP contribution in [0.25, 0.3) is 10.2 Å². The van der Waals surface area contributed by atoms with Crippen LogP contribution in [0.4, 0.5) is 0 Å². The Hall–Kier alpha value is -1.31. The second-order valence-corrected chi connectivity index (χ2v) is 9.26. The molecule has 1 aliphatic heterocycles. The van der Waals surface area contributed by atoms with Crippen LogP contribution >= 0.6 is 34.7 Å². The van der Waals surface area contributed by atoms with E-state index in [1.165, 1.54) is 29.5 Å². The summed E-state index contributed by atoms with van der Waals surface area (Å²) in [5, 5.41) is 0.672. The van der Waals surface area contributed by atoms with Gasteiger partial charge >= 0.3 is 0 Å². The minimum atomic E-state index is -0.209. The maximum absolute atomic E-state index is 12.3. The number of halogens is 1. The molecule has 1 unspecified atom stereocenters. The number of aryl methyl sites for hydroxylation is 1. The number of thioether (sulfide) groups is 1. The molecule has 0 radical (unpaired) electrons. The smallest absolute Gasteiger partial charge is 0.258 e. The number of fused-ring (bicyclic) bond motifs is 1. The molecule has 0 saturated carbocycles. The highest BCUT2D eigenvalue weighted by Crippen LogP contribution is 2.22. The molecule has 0 spiro atoms. The van der Waals surface area contributed by atoms with Crippen LogP contribution in [0.5, 0.6) is 0 Å². The summed E-state index contributed by atoms with van der Waals surface area (Å²) in [6.07, 6.45) is 2.25. The first kappa shape index (κ1) is 20.4. The van der Waals surface area contributed by atoms with Gasteiger partial charge in [-0.25, -0.2) is 0 Å². The molecule has 3 rings (SSSR count). The summed E-state index contributed by atoms with van der Waals surface area (Å²) < 4.78 is 3.03. The van der Waals surface area contributed by atoms with E-state index in [4.69, 9.17) is 11.6 Å². The van der Waals surface area contributed by atoms with Gasteiger partial charge in [-0.1, -0.05) is 29.9 Å². The van der Waals surface area contributed by atoms with E-state index in [0.29, 0.717) is 21.5 Å². The lowest BCUT2D eigenvalue weighted by Gasteiger charge is -2.30. The van der Waals surface area contributed by atoms with Crippen molar-refractivity contribution in [1.29, 1.82) is 0 Å². The zero-order valence-corrected chi connectivity index (χ0v) is 18.0. The summed E-state index contributed by atoms with van der Waals surface area (Å²) in [7, 11) is 0. The number of amides is 2. The van der Waals surface area contributed by atoms with Gasteiger partial charge in [-0.3, -0.25) is 9.59 Å². The summed E-state index contributed by atoms with van der Waals surface area (Å²) in [6.45, 7) is 6.60. The molecule has 8 heteroatoms. The topological polar surface area (TPSA) is 54.7 Å². The minimum absolute atomic E-state index is 0.125. The minimum Gasteiger partial charge on any atom is -0.342 e. The van der Waals surface area contributed by atoms with Crippen molar-refractivity contribution < 1.29 is 9.59 Å². The fraction of sp³-hybridized carbons (Fsp3) is 0.526. The second kappa shape index (κ2) is 9.26. The molecular formula is C19H24ClN3O2S2.